The van der Waals surface area contributed by atoms with Crippen LogP contribution in [0, 0.1) is 5.82 Å². The molecular weight excluding hydrogens is 211 g/mol. The van der Waals surface area contributed by atoms with Crippen LogP contribution < -0.4 is 4.74 Å². The van der Waals surface area contributed by atoms with Gasteiger partial charge in [-0.25, -0.2) is 4.39 Å². The van der Waals surface area contributed by atoms with Gasteiger partial charge < -0.3 is 9.47 Å². The van der Waals surface area contributed by atoms with Crippen LogP contribution >= 0.6 is 0 Å². The van der Waals surface area contributed by atoms with E-state index in [-0.39, 0.29) is 18.4 Å². The number of methoxy groups -OCH3 is 1. The molecule has 0 unspecified atom stereocenters. The van der Waals surface area contributed by atoms with E-state index in [1.54, 1.807) is 18.2 Å². The monoisotopic (exact) mass is 224 g/mol. The molecule has 3 nitrogen and oxygen atoms in total. The Kier molecular flexibility index (Phi) is 4.51. The summed E-state index contributed by atoms with van der Waals surface area (Å²) in [5, 5.41) is 0. The van der Waals surface area contributed by atoms with Crippen molar-refractivity contribution < 1.29 is 18.7 Å². The largest absolute Gasteiger partial charge is 0.496 e. The lowest BCUT2D eigenvalue weighted by molar-refractivity contribution is -0.139. The van der Waals surface area contributed by atoms with Crippen molar-refractivity contribution in [1.29, 1.82) is 0 Å². The van der Waals surface area contributed by atoms with Gasteiger partial charge in [0.05, 0.1) is 7.11 Å². The first-order valence-electron chi connectivity index (χ1n) is 4.77. The van der Waals surface area contributed by atoms with E-state index in [1.807, 2.05) is 0 Å². The van der Waals surface area contributed by atoms with Crippen LogP contribution in [0.5, 0.6) is 5.75 Å². The van der Waals surface area contributed by atoms with Crippen LogP contribution in [0.1, 0.15) is 12.5 Å². The van der Waals surface area contributed by atoms with Crippen LogP contribution in [0.25, 0.3) is 6.08 Å². The Balaban J connectivity index is 2.71. The van der Waals surface area contributed by atoms with E-state index in [0.29, 0.717) is 11.3 Å². The lowest BCUT2D eigenvalue weighted by Gasteiger charge is -2.04. The molecule has 1 rings (SSSR count). The maximum atomic E-state index is 12.9. The predicted molar refractivity (Wildman–Crippen MR) is 58.6 cm³/mol. The van der Waals surface area contributed by atoms with Crippen LogP contribution in [-0.2, 0) is 9.53 Å². The van der Waals surface area contributed by atoms with Gasteiger partial charge in [-0.15, -0.1) is 0 Å². The fraction of sp³-hybridized carbons (Fsp3) is 0.250. The summed E-state index contributed by atoms with van der Waals surface area (Å²) in [6.45, 7) is 1.49. The molecule has 86 valence electrons. The van der Waals surface area contributed by atoms with E-state index in [0.717, 1.165) is 0 Å². The van der Waals surface area contributed by atoms with Gasteiger partial charge in [0.15, 0.2) is 0 Å². The standard InChI is InChI=1S/C12H13FO3/c1-9(14)16-7-3-4-10-8-11(13)5-6-12(10)15-2/h3-6,8H,7H2,1-2H3/b4-3+. The Hall–Kier alpha value is -1.84. The zero-order valence-electron chi connectivity index (χ0n) is 9.20. The van der Waals surface area contributed by atoms with Gasteiger partial charge in [-0.1, -0.05) is 6.08 Å². The smallest absolute Gasteiger partial charge is 0.302 e. The summed E-state index contributed by atoms with van der Waals surface area (Å²) in [5.74, 6) is -0.121. The number of carbonyl (C=O) groups is 1. The molecule has 0 radical (unpaired) electrons. The molecule has 0 aliphatic heterocycles. The van der Waals surface area contributed by atoms with Crippen LogP contribution in [0.2, 0.25) is 0 Å². The molecular formula is C12H13FO3. The van der Waals surface area contributed by atoms with E-state index in [1.165, 1.54) is 26.2 Å². The van der Waals surface area contributed by atoms with Crippen molar-refractivity contribution in [3.05, 3.63) is 35.7 Å². The van der Waals surface area contributed by atoms with Gasteiger partial charge in [-0.3, -0.25) is 4.79 Å². The van der Waals surface area contributed by atoms with Gasteiger partial charge in [-0.2, -0.15) is 0 Å². The van der Waals surface area contributed by atoms with Gasteiger partial charge in [0, 0.05) is 12.5 Å². The van der Waals surface area contributed by atoms with Crippen LogP contribution in [0.15, 0.2) is 24.3 Å². The molecule has 1 aromatic carbocycles. The van der Waals surface area contributed by atoms with E-state index >= 15 is 0 Å². The van der Waals surface area contributed by atoms with Crippen LogP contribution in [-0.4, -0.2) is 19.7 Å². The highest BCUT2D eigenvalue weighted by Gasteiger charge is 2.00. The molecule has 1 aromatic rings. The minimum absolute atomic E-state index is 0.162. The first-order valence-corrected chi connectivity index (χ1v) is 4.77. The third-order valence-electron chi connectivity index (χ3n) is 1.87. The van der Waals surface area contributed by atoms with Gasteiger partial charge in [-0.05, 0) is 24.3 Å². The molecule has 16 heavy (non-hydrogen) atoms. The number of benzene rings is 1. The Labute approximate surface area is 93.5 Å². The number of carbonyl (C=O) groups excluding carboxylic acids is 1. The van der Waals surface area contributed by atoms with E-state index < -0.39 is 0 Å². The maximum Gasteiger partial charge on any atom is 0.302 e. The second kappa shape index (κ2) is 5.90. The molecule has 0 N–H and O–H groups in total. The summed E-state index contributed by atoms with van der Waals surface area (Å²) in [6, 6.07) is 4.21. The highest BCUT2D eigenvalue weighted by molar-refractivity contribution is 5.66. The second-order valence-corrected chi connectivity index (χ2v) is 3.09. The van der Waals surface area contributed by atoms with Gasteiger partial charge in [0.2, 0.25) is 0 Å². The molecule has 0 bridgehead atoms. The van der Waals surface area contributed by atoms with Crippen molar-refractivity contribution in [2.75, 3.05) is 13.7 Å². The van der Waals surface area contributed by atoms with Crippen molar-refractivity contribution in [2.45, 2.75) is 6.92 Å². The molecule has 0 saturated heterocycles. The summed E-state index contributed by atoms with van der Waals surface area (Å²) in [7, 11) is 1.51. The van der Waals surface area contributed by atoms with Crippen LogP contribution in [0.4, 0.5) is 4.39 Å². The van der Waals surface area contributed by atoms with Crippen molar-refractivity contribution >= 4 is 12.0 Å². The minimum Gasteiger partial charge on any atom is -0.496 e. The number of hydrogen-bond acceptors (Lipinski definition) is 3. The number of esters is 1. The number of hydrogen-bond donors (Lipinski definition) is 0. The molecule has 0 aliphatic rings. The molecule has 0 amide bonds. The molecule has 0 fully saturated rings. The Morgan fingerprint density at radius 3 is 2.88 bits per heavy atom. The third kappa shape index (κ3) is 3.73. The van der Waals surface area contributed by atoms with Crippen molar-refractivity contribution in [2.24, 2.45) is 0 Å². The highest BCUT2D eigenvalue weighted by Crippen LogP contribution is 2.20. The third-order valence-corrected chi connectivity index (χ3v) is 1.87. The Morgan fingerprint density at radius 2 is 2.25 bits per heavy atom. The average Bonchev–Trinajstić information content (AvgIpc) is 2.24. The molecule has 0 aliphatic carbocycles. The summed E-state index contributed by atoms with van der Waals surface area (Å²) in [5.41, 5.74) is 0.606. The Bertz CT molecular complexity index is 399. The van der Waals surface area contributed by atoms with Crippen molar-refractivity contribution in [3.63, 3.8) is 0 Å². The van der Waals surface area contributed by atoms with Crippen molar-refractivity contribution in [1.82, 2.24) is 0 Å². The Morgan fingerprint density at radius 1 is 1.50 bits per heavy atom. The topological polar surface area (TPSA) is 35.5 Å². The molecule has 0 aromatic heterocycles. The summed E-state index contributed by atoms with van der Waals surface area (Å²) >= 11 is 0. The normalized spacial score (nSPS) is 10.4. The summed E-state index contributed by atoms with van der Waals surface area (Å²) in [6.07, 6.45) is 3.27. The quantitative estimate of drug-likeness (QED) is 0.737. The molecule has 4 heteroatoms. The lowest BCUT2D eigenvalue weighted by Crippen LogP contribution is -1.97. The zero-order chi connectivity index (χ0) is 12.0. The maximum absolute atomic E-state index is 12.9. The highest BCUT2D eigenvalue weighted by atomic mass is 19.1. The molecule has 0 heterocycles. The van der Waals surface area contributed by atoms with Gasteiger partial charge in [0.1, 0.15) is 18.2 Å². The summed E-state index contributed by atoms with van der Waals surface area (Å²) < 4.78 is 22.7. The SMILES string of the molecule is COc1ccc(F)cc1/C=C/COC(C)=O. The van der Waals surface area contributed by atoms with Crippen molar-refractivity contribution in [3.8, 4) is 5.75 Å². The second-order valence-electron chi connectivity index (χ2n) is 3.09. The van der Waals surface area contributed by atoms with E-state index in [2.05, 4.69) is 0 Å². The van der Waals surface area contributed by atoms with Gasteiger partial charge >= 0.3 is 5.97 Å². The minimum atomic E-state index is -0.351. The number of rotatable bonds is 4. The first kappa shape index (κ1) is 12.2. The lowest BCUT2D eigenvalue weighted by atomic mass is 10.2. The van der Waals surface area contributed by atoms with Crippen LogP contribution in [0.3, 0.4) is 0 Å². The first-order chi connectivity index (χ1) is 7.63. The van der Waals surface area contributed by atoms with Gasteiger partial charge in [0.25, 0.3) is 0 Å². The predicted octanol–water partition coefficient (Wildman–Crippen LogP) is 2.41. The average molecular weight is 224 g/mol. The zero-order valence-corrected chi connectivity index (χ0v) is 9.20. The van der Waals surface area contributed by atoms with E-state index in [4.69, 9.17) is 9.47 Å². The number of ether oxygens (including phenoxy) is 2. The molecule has 0 saturated carbocycles. The van der Waals surface area contributed by atoms with E-state index in [9.17, 15) is 9.18 Å². The number of halogens is 1. The molecule has 0 spiro atoms. The fourth-order valence-electron chi connectivity index (χ4n) is 1.18. The molecule has 0 atom stereocenters. The fourth-order valence-corrected chi connectivity index (χ4v) is 1.18. The summed E-state index contributed by atoms with van der Waals surface area (Å²) in [4.78, 5) is 10.5.